The first-order chi connectivity index (χ1) is 11.0. The number of cyclic esters (lactones) is 1. The van der Waals surface area contributed by atoms with Crippen molar-refractivity contribution < 1.29 is 14.5 Å². The molecule has 0 saturated carbocycles. The fourth-order valence-corrected chi connectivity index (χ4v) is 2.30. The Balaban J connectivity index is 2.00. The topological polar surface area (TPSA) is 69.4 Å². The van der Waals surface area contributed by atoms with Gasteiger partial charge in [0.25, 0.3) is 5.69 Å². The molecule has 0 unspecified atom stereocenters. The van der Waals surface area contributed by atoms with E-state index in [-0.39, 0.29) is 5.69 Å². The van der Waals surface area contributed by atoms with E-state index in [1.54, 1.807) is 18.2 Å². The van der Waals surface area contributed by atoms with Gasteiger partial charge in [0.05, 0.1) is 10.5 Å². The molecule has 3 rings (SSSR count). The van der Waals surface area contributed by atoms with Gasteiger partial charge in [0, 0.05) is 17.7 Å². The number of benzene rings is 2. The zero-order valence-electron chi connectivity index (χ0n) is 12.4. The lowest BCUT2D eigenvalue weighted by Crippen LogP contribution is -1.97. The smallest absolute Gasteiger partial charge is 0.343 e. The van der Waals surface area contributed by atoms with Gasteiger partial charge in [-0.3, -0.25) is 10.1 Å². The van der Waals surface area contributed by atoms with Gasteiger partial charge in [0.1, 0.15) is 5.76 Å². The standard InChI is InChI=1S/C18H13NO4/c1-12-7-8-16(19(21)22)10-14(12)9-15-11-17(23-18(15)20)13-5-3-2-4-6-13/h2-11H,1H3/b15-9+. The van der Waals surface area contributed by atoms with Crippen LogP contribution in [-0.4, -0.2) is 10.9 Å². The zero-order chi connectivity index (χ0) is 16.4. The van der Waals surface area contributed by atoms with E-state index >= 15 is 0 Å². The molecule has 0 spiro atoms. The highest BCUT2D eigenvalue weighted by Crippen LogP contribution is 2.28. The Morgan fingerprint density at radius 3 is 2.57 bits per heavy atom. The van der Waals surface area contributed by atoms with Crippen molar-refractivity contribution in [3.8, 4) is 0 Å². The second-order valence-corrected chi connectivity index (χ2v) is 5.16. The third kappa shape index (κ3) is 3.03. The maximum atomic E-state index is 12.0. The predicted octanol–water partition coefficient (Wildman–Crippen LogP) is 3.88. The molecule has 5 heteroatoms. The molecule has 0 bridgehead atoms. The molecule has 0 saturated heterocycles. The number of ether oxygens (including phenoxy) is 1. The number of non-ortho nitro benzene ring substituents is 1. The largest absolute Gasteiger partial charge is 0.422 e. The van der Waals surface area contributed by atoms with Gasteiger partial charge in [-0.2, -0.15) is 0 Å². The molecule has 2 aromatic carbocycles. The van der Waals surface area contributed by atoms with Crippen molar-refractivity contribution in [2.75, 3.05) is 0 Å². The van der Waals surface area contributed by atoms with Gasteiger partial charge in [0.15, 0.2) is 0 Å². The minimum Gasteiger partial charge on any atom is -0.422 e. The van der Waals surface area contributed by atoms with Crippen molar-refractivity contribution >= 4 is 23.5 Å². The van der Waals surface area contributed by atoms with Crippen LogP contribution in [0.1, 0.15) is 16.7 Å². The lowest BCUT2D eigenvalue weighted by molar-refractivity contribution is -0.384. The van der Waals surface area contributed by atoms with Crippen LogP contribution >= 0.6 is 0 Å². The third-order valence-corrected chi connectivity index (χ3v) is 3.57. The summed E-state index contributed by atoms with van der Waals surface area (Å²) in [5, 5.41) is 10.9. The summed E-state index contributed by atoms with van der Waals surface area (Å²) in [6.45, 7) is 1.83. The van der Waals surface area contributed by atoms with Crippen LogP contribution in [-0.2, 0) is 9.53 Å². The number of nitrogens with zero attached hydrogens (tertiary/aromatic N) is 1. The molecular weight excluding hydrogens is 294 g/mol. The predicted molar refractivity (Wildman–Crippen MR) is 86.3 cm³/mol. The second-order valence-electron chi connectivity index (χ2n) is 5.16. The molecule has 2 aromatic rings. The summed E-state index contributed by atoms with van der Waals surface area (Å²) in [4.78, 5) is 22.4. The Bertz CT molecular complexity index is 851. The van der Waals surface area contributed by atoms with Gasteiger partial charge >= 0.3 is 5.97 Å². The quantitative estimate of drug-likeness (QED) is 0.373. The fourth-order valence-electron chi connectivity index (χ4n) is 2.30. The first kappa shape index (κ1) is 14.7. The van der Waals surface area contributed by atoms with Crippen molar-refractivity contribution in [3.63, 3.8) is 0 Å². The Morgan fingerprint density at radius 1 is 1.13 bits per heavy atom. The average Bonchev–Trinajstić information content (AvgIpc) is 2.91. The molecule has 114 valence electrons. The van der Waals surface area contributed by atoms with Crippen LogP contribution < -0.4 is 0 Å². The number of nitro groups is 1. The summed E-state index contributed by atoms with van der Waals surface area (Å²) in [7, 11) is 0. The van der Waals surface area contributed by atoms with Gasteiger partial charge in [-0.25, -0.2) is 4.79 Å². The number of carbonyl (C=O) groups excluding carboxylic acids is 1. The molecule has 1 aliphatic rings. The minimum absolute atomic E-state index is 0.0129. The van der Waals surface area contributed by atoms with Gasteiger partial charge in [-0.05, 0) is 30.2 Å². The number of hydrogen-bond donors (Lipinski definition) is 0. The summed E-state index contributed by atoms with van der Waals surface area (Å²) in [6, 6.07) is 13.8. The molecule has 0 atom stereocenters. The van der Waals surface area contributed by atoms with Crippen LogP contribution in [0.3, 0.4) is 0 Å². The minimum atomic E-state index is -0.463. The van der Waals surface area contributed by atoms with Gasteiger partial charge in [0.2, 0.25) is 0 Å². The monoisotopic (exact) mass is 307 g/mol. The van der Waals surface area contributed by atoms with Crippen LogP contribution in [0.2, 0.25) is 0 Å². The second kappa shape index (κ2) is 5.88. The molecule has 0 aliphatic carbocycles. The van der Waals surface area contributed by atoms with Crippen molar-refractivity contribution in [2.45, 2.75) is 6.92 Å². The summed E-state index contributed by atoms with van der Waals surface area (Å²) in [5.74, 6) is 0.0136. The third-order valence-electron chi connectivity index (χ3n) is 3.57. The number of nitro benzene ring substituents is 1. The molecule has 0 N–H and O–H groups in total. The van der Waals surface area contributed by atoms with E-state index in [0.29, 0.717) is 16.9 Å². The summed E-state index contributed by atoms with van der Waals surface area (Å²) in [6.07, 6.45) is 3.26. The van der Waals surface area contributed by atoms with Gasteiger partial charge in [-0.1, -0.05) is 36.4 Å². The fraction of sp³-hybridized carbons (Fsp3) is 0.0556. The Morgan fingerprint density at radius 2 is 1.87 bits per heavy atom. The van der Waals surface area contributed by atoms with Crippen molar-refractivity contribution in [3.05, 3.63) is 87.0 Å². The lowest BCUT2D eigenvalue weighted by atomic mass is 10.0. The van der Waals surface area contributed by atoms with Gasteiger partial charge < -0.3 is 4.74 Å². The highest BCUT2D eigenvalue weighted by molar-refractivity contribution is 6.05. The number of esters is 1. The molecule has 0 fully saturated rings. The molecule has 1 heterocycles. The van der Waals surface area contributed by atoms with E-state index in [1.165, 1.54) is 12.1 Å². The highest BCUT2D eigenvalue weighted by Gasteiger charge is 2.22. The van der Waals surface area contributed by atoms with Crippen LogP contribution in [0.4, 0.5) is 5.69 Å². The van der Waals surface area contributed by atoms with E-state index in [9.17, 15) is 14.9 Å². The summed E-state index contributed by atoms with van der Waals surface area (Å²) >= 11 is 0. The molecule has 5 nitrogen and oxygen atoms in total. The first-order valence-corrected chi connectivity index (χ1v) is 7.00. The normalized spacial score (nSPS) is 15.4. The van der Waals surface area contributed by atoms with Crippen LogP contribution in [0.5, 0.6) is 0 Å². The number of hydrogen-bond acceptors (Lipinski definition) is 4. The van der Waals surface area contributed by atoms with Crippen molar-refractivity contribution in [1.82, 2.24) is 0 Å². The molecular formula is C18H13NO4. The Hall–Kier alpha value is -3.21. The highest BCUT2D eigenvalue weighted by atomic mass is 16.6. The van der Waals surface area contributed by atoms with Crippen LogP contribution in [0.25, 0.3) is 11.8 Å². The SMILES string of the molecule is Cc1ccc([N+](=O)[O-])cc1/C=C1\C=C(c2ccccc2)OC1=O. The van der Waals surface area contributed by atoms with Gasteiger partial charge in [-0.15, -0.1) is 0 Å². The Kier molecular flexibility index (Phi) is 3.76. The number of rotatable bonds is 3. The van der Waals surface area contributed by atoms with E-state index in [2.05, 4.69) is 0 Å². The Labute approximate surface area is 132 Å². The maximum Gasteiger partial charge on any atom is 0.343 e. The zero-order valence-corrected chi connectivity index (χ0v) is 12.4. The van der Waals surface area contributed by atoms with E-state index in [0.717, 1.165) is 11.1 Å². The lowest BCUT2D eigenvalue weighted by Gasteiger charge is -2.01. The number of aryl methyl sites for hydroxylation is 1. The molecule has 23 heavy (non-hydrogen) atoms. The molecule has 0 radical (unpaired) electrons. The van der Waals surface area contributed by atoms with Crippen molar-refractivity contribution in [1.29, 1.82) is 0 Å². The maximum absolute atomic E-state index is 12.0. The molecule has 0 amide bonds. The van der Waals surface area contributed by atoms with Crippen molar-refractivity contribution in [2.24, 2.45) is 0 Å². The van der Waals surface area contributed by atoms with Crippen LogP contribution in [0, 0.1) is 17.0 Å². The summed E-state index contributed by atoms with van der Waals surface area (Å²) < 4.78 is 5.27. The summed E-state index contributed by atoms with van der Waals surface area (Å²) in [5.41, 5.74) is 2.63. The molecule has 0 aromatic heterocycles. The van der Waals surface area contributed by atoms with Crippen LogP contribution in [0.15, 0.2) is 60.2 Å². The van der Waals surface area contributed by atoms with E-state index < -0.39 is 10.9 Å². The molecule has 1 aliphatic heterocycles. The number of carbonyl (C=O) groups is 1. The van der Waals surface area contributed by atoms with E-state index in [4.69, 9.17) is 4.74 Å². The first-order valence-electron chi connectivity index (χ1n) is 7.00. The van der Waals surface area contributed by atoms with E-state index in [1.807, 2.05) is 37.3 Å². The average molecular weight is 307 g/mol.